The second kappa shape index (κ2) is 7.90. The Morgan fingerprint density at radius 2 is 1.69 bits per heavy atom. The van der Waals surface area contributed by atoms with Gasteiger partial charge in [0.25, 0.3) is 0 Å². The molecule has 0 aliphatic heterocycles. The van der Waals surface area contributed by atoms with Gasteiger partial charge in [-0.25, -0.2) is 0 Å². The fraction of sp³-hybridized carbons (Fsp3) is 0.455. The highest BCUT2D eigenvalue weighted by molar-refractivity contribution is 5.94. The maximum atomic E-state index is 12.7. The number of carbonyl (C=O) groups is 1. The number of nitrogens with zero attached hydrogens (tertiary/aromatic N) is 2. The number of rotatable bonds is 3. The lowest BCUT2D eigenvalue weighted by Crippen LogP contribution is -2.41. The van der Waals surface area contributed by atoms with E-state index >= 15 is 0 Å². The molecule has 1 aliphatic carbocycles. The van der Waals surface area contributed by atoms with E-state index in [2.05, 4.69) is 0 Å². The van der Waals surface area contributed by atoms with Crippen molar-refractivity contribution in [3.63, 3.8) is 0 Å². The molecule has 0 saturated heterocycles. The predicted molar refractivity (Wildman–Crippen MR) is 105 cm³/mol. The van der Waals surface area contributed by atoms with Crippen molar-refractivity contribution in [1.82, 2.24) is 0 Å². The molecule has 0 bridgehead atoms. The Bertz CT molecular complexity index is 778. The predicted octanol–water partition coefficient (Wildman–Crippen LogP) is 4.68. The van der Waals surface area contributed by atoms with Gasteiger partial charge in [0.05, 0.1) is 5.69 Å². The summed E-state index contributed by atoms with van der Waals surface area (Å²) in [5.41, 5.74) is 4.16. The molecule has 1 fully saturated rings. The second-order valence-corrected chi connectivity index (χ2v) is 7.36. The van der Waals surface area contributed by atoms with Crippen LogP contribution in [0.5, 0.6) is 0 Å². The van der Waals surface area contributed by atoms with E-state index in [4.69, 9.17) is 0 Å². The Morgan fingerprint density at radius 1 is 1.08 bits per heavy atom. The lowest BCUT2D eigenvalue weighted by atomic mass is 9.99. The molecular weight excluding hydrogens is 324 g/mol. The first-order valence-corrected chi connectivity index (χ1v) is 9.59. The van der Waals surface area contributed by atoms with Crippen LogP contribution in [-0.4, -0.2) is 11.9 Å². The van der Waals surface area contributed by atoms with Gasteiger partial charge in [-0.3, -0.25) is 4.79 Å². The molecule has 1 saturated carbocycles. The van der Waals surface area contributed by atoms with E-state index in [1.807, 2.05) is 49.1 Å². The summed E-state index contributed by atoms with van der Waals surface area (Å²) < 4.78 is 0.939. The molecule has 4 nitrogen and oxygen atoms in total. The monoisotopic (exact) mass is 352 g/mol. The van der Waals surface area contributed by atoms with E-state index in [-0.39, 0.29) is 11.9 Å². The third-order valence-electron chi connectivity index (χ3n) is 5.43. The number of hydrogen-bond donors (Lipinski definition) is 0. The smallest absolute Gasteiger partial charge is 0.228 e. The SMILES string of the molecule is CC(=O)N(c1c(C)c[n+]([O-])c(-c2ccccc2)c1C)C1CCCCCC1. The molecule has 4 heteroatoms. The Morgan fingerprint density at radius 3 is 2.27 bits per heavy atom. The molecule has 26 heavy (non-hydrogen) atoms. The quantitative estimate of drug-likeness (QED) is 0.457. The van der Waals surface area contributed by atoms with Crippen molar-refractivity contribution in [2.45, 2.75) is 65.3 Å². The van der Waals surface area contributed by atoms with Crippen molar-refractivity contribution in [3.8, 4) is 11.3 Å². The van der Waals surface area contributed by atoms with Gasteiger partial charge < -0.3 is 10.1 Å². The number of aryl methyl sites for hydroxylation is 1. The van der Waals surface area contributed by atoms with E-state index in [0.717, 1.165) is 52.8 Å². The van der Waals surface area contributed by atoms with Gasteiger partial charge in [0.1, 0.15) is 0 Å². The second-order valence-electron chi connectivity index (χ2n) is 7.36. The van der Waals surface area contributed by atoms with Gasteiger partial charge in [-0.15, -0.1) is 0 Å². The van der Waals surface area contributed by atoms with E-state index in [1.165, 1.54) is 12.8 Å². The molecular formula is C22H28N2O2. The van der Waals surface area contributed by atoms with Crippen LogP contribution in [0, 0.1) is 19.1 Å². The summed E-state index contributed by atoms with van der Waals surface area (Å²) in [5, 5.41) is 12.7. The zero-order chi connectivity index (χ0) is 18.7. The van der Waals surface area contributed by atoms with Crippen molar-refractivity contribution >= 4 is 11.6 Å². The normalized spacial score (nSPS) is 15.5. The molecule has 138 valence electrons. The number of aromatic nitrogens is 1. The Kier molecular flexibility index (Phi) is 5.60. The van der Waals surface area contributed by atoms with E-state index in [1.54, 1.807) is 13.1 Å². The molecule has 3 rings (SSSR count). The molecule has 1 aromatic carbocycles. The van der Waals surface area contributed by atoms with E-state index < -0.39 is 0 Å². The number of anilines is 1. The minimum Gasteiger partial charge on any atom is -0.618 e. The van der Waals surface area contributed by atoms with Crippen LogP contribution in [0.3, 0.4) is 0 Å². The Hall–Kier alpha value is -2.36. The van der Waals surface area contributed by atoms with Crippen molar-refractivity contribution in [3.05, 3.63) is 52.9 Å². The Labute approximate surface area is 156 Å². The van der Waals surface area contributed by atoms with Crippen LogP contribution >= 0.6 is 0 Å². The highest BCUT2D eigenvalue weighted by Crippen LogP contribution is 2.34. The largest absolute Gasteiger partial charge is 0.618 e. The first kappa shape index (κ1) is 18.4. The lowest BCUT2D eigenvalue weighted by Gasteiger charge is -2.33. The molecule has 0 radical (unpaired) electrons. The van der Waals surface area contributed by atoms with Crippen molar-refractivity contribution in [2.75, 3.05) is 4.90 Å². The van der Waals surface area contributed by atoms with E-state index in [9.17, 15) is 10.0 Å². The number of hydrogen-bond acceptors (Lipinski definition) is 2. The summed E-state index contributed by atoms with van der Waals surface area (Å²) in [4.78, 5) is 14.6. The molecule has 0 unspecified atom stereocenters. The summed E-state index contributed by atoms with van der Waals surface area (Å²) >= 11 is 0. The fourth-order valence-electron chi connectivity index (χ4n) is 4.30. The summed E-state index contributed by atoms with van der Waals surface area (Å²) in [6.07, 6.45) is 8.47. The summed E-state index contributed by atoms with van der Waals surface area (Å²) in [5.74, 6) is 0.0609. The van der Waals surface area contributed by atoms with Crippen LogP contribution in [-0.2, 0) is 4.79 Å². The standard InChI is InChI=1S/C22H28N2O2/c1-16-15-23(26)22(19-11-7-6-8-12-19)17(2)21(16)24(18(3)25)20-13-9-4-5-10-14-20/h6-8,11-12,15,20H,4-5,9-10,13-14H2,1-3H3. The first-order chi connectivity index (χ1) is 12.5. The lowest BCUT2D eigenvalue weighted by molar-refractivity contribution is -0.594. The molecule has 1 aliphatic rings. The molecule has 0 N–H and O–H groups in total. The minimum absolute atomic E-state index is 0.0609. The molecule has 2 aromatic rings. The van der Waals surface area contributed by atoms with Gasteiger partial charge in [-0.1, -0.05) is 43.9 Å². The van der Waals surface area contributed by atoms with Gasteiger partial charge in [-0.2, -0.15) is 4.73 Å². The first-order valence-electron chi connectivity index (χ1n) is 9.59. The maximum Gasteiger partial charge on any atom is 0.228 e. The third kappa shape index (κ3) is 3.59. The number of benzene rings is 1. The molecule has 0 atom stereocenters. The average Bonchev–Trinajstić information content (AvgIpc) is 2.88. The maximum absolute atomic E-state index is 12.7. The van der Waals surface area contributed by atoms with Crippen molar-refractivity contribution in [2.24, 2.45) is 0 Å². The fourth-order valence-corrected chi connectivity index (χ4v) is 4.30. The molecule has 1 heterocycles. The average molecular weight is 352 g/mol. The number of amides is 1. The topological polar surface area (TPSA) is 47.2 Å². The van der Waals surface area contributed by atoms with Gasteiger partial charge in [0, 0.05) is 29.7 Å². The highest BCUT2D eigenvalue weighted by Gasteiger charge is 2.30. The molecule has 1 aromatic heterocycles. The van der Waals surface area contributed by atoms with E-state index in [0.29, 0.717) is 5.69 Å². The summed E-state index contributed by atoms with van der Waals surface area (Å²) in [7, 11) is 0. The zero-order valence-corrected chi connectivity index (χ0v) is 16.0. The van der Waals surface area contributed by atoms with Crippen LogP contribution in [0.15, 0.2) is 36.5 Å². The van der Waals surface area contributed by atoms with Gasteiger partial charge in [0.2, 0.25) is 11.6 Å². The zero-order valence-electron chi connectivity index (χ0n) is 16.0. The van der Waals surface area contributed by atoms with Crippen LogP contribution in [0.25, 0.3) is 11.3 Å². The van der Waals surface area contributed by atoms with Crippen LogP contribution in [0.4, 0.5) is 5.69 Å². The van der Waals surface area contributed by atoms with Gasteiger partial charge in [0.15, 0.2) is 6.20 Å². The Balaban J connectivity index is 2.14. The molecule has 1 amide bonds. The van der Waals surface area contributed by atoms with Gasteiger partial charge >= 0.3 is 0 Å². The molecule has 0 spiro atoms. The van der Waals surface area contributed by atoms with Crippen molar-refractivity contribution < 1.29 is 9.52 Å². The summed E-state index contributed by atoms with van der Waals surface area (Å²) in [6.45, 7) is 5.54. The summed E-state index contributed by atoms with van der Waals surface area (Å²) in [6, 6.07) is 9.92. The van der Waals surface area contributed by atoms with Gasteiger partial charge in [-0.05, 0) is 38.8 Å². The number of pyridine rings is 1. The van der Waals surface area contributed by atoms with Crippen LogP contribution < -0.4 is 9.63 Å². The van der Waals surface area contributed by atoms with Crippen LogP contribution in [0.1, 0.15) is 56.6 Å². The highest BCUT2D eigenvalue weighted by atomic mass is 16.5. The van der Waals surface area contributed by atoms with Crippen LogP contribution in [0.2, 0.25) is 0 Å². The van der Waals surface area contributed by atoms with Crippen molar-refractivity contribution in [1.29, 1.82) is 0 Å². The third-order valence-corrected chi connectivity index (χ3v) is 5.43. The minimum atomic E-state index is 0.0609. The number of carbonyl (C=O) groups excluding carboxylic acids is 1.